The van der Waals surface area contributed by atoms with E-state index in [1.165, 1.54) is 5.56 Å². The normalized spacial score (nSPS) is 30.7. The van der Waals surface area contributed by atoms with E-state index in [0.29, 0.717) is 12.0 Å². The molecule has 3 heterocycles. The Morgan fingerprint density at radius 3 is 3.04 bits per heavy atom. The first-order valence-corrected chi connectivity index (χ1v) is 9.67. The minimum Gasteiger partial charge on any atom is -0.493 e. The summed E-state index contributed by atoms with van der Waals surface area (Å²) in [5.41, 5.74) is 2.18. The second-order valence-corrected chi connectivity index (χ2v) is 8.57. The number of anilines is 1. The van der Waals surface area contributed by atoms with Gasteiger partial charge >= 0.3 is 6.03 Å². The van der Waals surface area contributed by atoms with Crippen molar-refractivity contribution < 1.29 is 9.53 Å². The van der Waals surface area contributed by atoms with Gasteiger partial charge in [0.2, 0.25) is 0 Å². The van der Waals surface area contributed by atoms with Crippen LogP contribution in [-0.2, 0) is 6.42 Å². The second-order valence-electron chi connectivity index (χ2n) is 7.56. The number of hydrogen-bond acceptors (Lipinski definition) is 5. The lowest BCUT2D eigenvalue weighted by Gasteiger charge is -2.28. The third kappa shape index (κ3) is 2.12. The van der Waals surface area contributed by atoms with Crippen molar-refractivity contribution in [1.29, 1.82) is 0 Å². The molecule has 1 aromatic heterocycles. The number of aromatic nitrogens is 1. The van der Waals surface area contributed by atoms with Gasteiger partial charge in [-0.2, -0.15) is 0 Å². The smallest absolute Gasteiger partial charge is 0.324 e. The van der Waals surface area contributed by atoms with E-state index in [9.17, 15) is 4.79 Å². The molecule has 1 N–H and O–H groups in total. The molecule has 0 radical (unpaired) electrons. The number of ether oxygens (including phenoxy) is 1. The molecule has 4 unspecified atom stereocenters. The summed E-state index contributed by atoms with van der Waals surface area (Å²) in [7, 11) is 4.19. The van der Waals surface area contributed by atoms with Crippen molar-refractivity contribution >= 4 is 32.7 Å². The number of nitrogens with zero attached hydrogens (tertiary/aromatic N) is 3. The number of rotatable bonds is 2. The molecular formula is C18H22N4O2S. The average Bonchev–Trinajstić information content (AvgIpc) is 3.27. The molecule has 1 saturated carbocycles. The van der Waals surface area contributed by atoms with E-state index >= 15 is 0 Å². The maximum absolute atomic E-state index is 12.7. The Bertz CT molecular complexity index is 864. The predicted molar refractivity (Wildman–Crippen MR) is 98.7 cm³/mol. The largest absolute Gasteiger partial charge is 0.493 e. The number of carbonyl (C=O) groups is 1. The molecule has 2 aliphatic heterocycles. The highest BCUT2D eigenvalue weighted by Crippen LogP contribution is 2.42. The van der Waals surface area contributed by atoms with Crippen molar-refractivity contribution in [2.24, 2.45) is 5.92 Å². The molecular weight excluding hydrogens is 336 g/mol. The van der Waals surface area contributed by atoms with Gasteiger partial charge in [-0.05, 0) is 38.6 Å². The summed E-state index contributed by atoms with van der Waals surface area (Å²) in [6.07, 6.45) is 1.90. The highest BCUT2D eigenvalue weighted by Gasteiger charge is 2.52. The molecule has 0 spiro atoms. The summed E-state index contributed by atoms with van der Waals surface area (Å²) in [6.45, 7) is 2.99. The monoisotopic (exact) mass is 358 g/mol. The molecule has 1 saturated heterocycles. The quantitative estimate of drug-likeness (QED) is 0.896. The zero-order chi connectivity index (χ0) is 17.3. The number of benzene rings is 1. The molecule has 25 heavy (non-hydrogen) atoms. The van der Waals surface area contributed by atoms with Crippen LogP contribution < -0.4 is 15.0 Å². The highest BCUT2D eigenvalue weighted by atomic mass is 32.1. The van der Waals surface area contributed by atoms with Crippen molar-refractivity contribution in [2.75, 3.05) is 25.6 Å². The van der Waals surface area contributed by atoms with Gasteiger partial charge in [0, 0.05) is 18.0 Å². The van der Waals surface area contributed by atoms with Crippen LogP contribution in [0.2, 0.25) is 0 Å². The first-order valence-electron chi connectivity index (χ1n) is 8.86. The summed E-state index contributed by atoms with van der Waals surface area (Å²) < 4.78 is 6.78. The van der Waals surface area contributed by atoms with E-state index in [2.05, 4.69) is 37.3 Å². The Hall–Kier alpha value is -1.86. The third-order valence-electron chi connectivity index (χ3n) is 5.84. The molecule has 1 aliphatic carbocycles. The molecule has 2 amide bonds. The average molecular weight is 358 g/mol. The minimum absolute atomic E-state index is 0.0132. The molecule has 6 nitrogen and oxygen atoms in total. The van der Waals surface area contributed by atoms with Crippen molar-refractivity contribution in [3.8, 4) is 5.75 Å². The van der Waals surface area contributed by atoms with Gasteiger partial charge in [0.25, 0.3) is 0 Å². The van der Waals surface area contributed by atoms with Crippen LogP contribution in [0.3, 0.4) is 0 Å². The summed E-state index contributed by atoms with van der Waals surface area (Å²) in [6, 6.07) is 4.79. The fourth-order valence-electron chi connectivity index (χ4n) is 4.88. The number of urea groups is 1. The summed E-state index contributed by atoms with van der Waals surface area (Å²) in [5, 5.41) is 4.02. The van der Waals surface area contributed by atoms with Gasteiger partial charge in [-0.3, -0.25) is 4.90 Å². The van der Waals surface area contributed by atoms with E-state index in [4.69, 9.17) is 9.72 Å². The van der Waals surface area contributed by atoms with Gasteiger partial charge in [-0.1, -0.05) is 18.3 Å². The maximum atomic E-state index is 12.7. The lowest BCUT2D eigenvalue weighted by molar-refractivity contribution is 0.213. The molecule has 3 aliphatic rings. The Labute approximate surface area is 150 Å². The Balaban J connectivity index is 1.55. The van der Waals surface area contributed by atoms with Gasteiger partial charge < -0.3 is 15.0 Å². The van der Waals surface area contributed by atoms with Crippen LogP contribution in [0.4, 0.5) is 9.93 Å². The standard InChI is InChI=1S/C18H22N4O2S/c1-9-8-11-15(16(9)21(2)3)19-17(23)22(11)18-20-14-10-6-7-24-12(10)4-5-13(14)25-18/h4-5,9,11,15-16H,6-8H2,1-3H3,(H,19,23). The Morgan fingerprint density at radius 2 is 2.24 bits per heavy atom. The van der Waals surface area contributed by atoms with Crippen LogP contribution in [-0.4, -0.2) is 54.7 Å². The maximum Gasteiger partial charge on any atom is 0.324 e. The summed E-state index contributed by atoms with van der Waals surface area (Å²) in [4.78, 5) is 21.7. The minimum atomic E-state index is -0.0132. The summed E-state index contributed by atoms with van der Waals surface area (Å²) >= 11 is 1.61. The van der Waals surface area contributed by atoms with E-state index in [1.807, 2.05) is 11.0 Å². The van der Waals surface area contributed by atoms with Crippen molar-refractivity contribution in [2.45, 2.75) is 37.9 Å². The van der Waals surface area contributed by atoms with Crippen LogP contribution in [0, 0.1) is 5.92 Å². The van der Waals surface area contributed by atoms with Gasteiger partial charge in [0.05, 0.1) is 28.9 Å². The molecule has 132 valence electrons. The highest BCUT2D eigenvalue weighted by molar-refractivity contribution is 7.22. The van der Waals surface area contributed by atoms with Gasteiger partial charge in [0.1, 0.15) is 5.75 Å². The number of thiazole rings is 1. The number of hydrogen-bond donors (Lipinski definition) is 1. The molecule has 0 bridgehead atoms. The number of carbonyl (C=O) groups excluding carboxylic acids is 1. The van der Waals surface area contributed by atoms with Gasteiger partial charge in [-0.25, -0.2) is 9.78 Å². The molecule has 4 atom stereocenters. The van der Waals surface area contributed by atoms with Crippen molar-refractivity contribution in [3.05, 3.63) is 17.7 Å². The molecule has 2 fully saturated rings. The number of nitrogens with one attached hydrogen (secondary N) is 1. The zero-order valence-corrected chi connectivity index (χ0v) is 15.5. The fraction of sp³-hybridized carbons (Fsp3) is 0.556. The van der Waals surface area contributed by atoms with Crippen LogP contribution in [0.1, 0.15) is 18.9 Å². The van der Waals surface area contributed by atoms with Crippen molar-refractivity contribution in [1.82, 2.24) is 15.2 Å². The molecule has 7 heteroatoms. The van der Waals surface area contributed by atoms with E-state index in [1.54, 1.807) is 11.3 Å². The second kappa shape index (κ2) is 5.32. The topological polar surface area (TPSA) is 57.7 Å². The zero-order valence-electron chi connectivity index (χ0n) is 14.7. The SMILES string of the molecule is CC1CC2C(NC(=O)N2c2nc3c4c(ccc3s2)OCC4)C1N(C)C. The van der Waals surface area contributed by atoms with E-state index in [0.717, 1.165) is 40.5 Å². The van der Waals surface area contributed by atoms with Crippen LogP contribution in [0.25, 0.3) is 10.2 Å². The van der Waals surface area contributed by atoms with Crippen LogP contribution in [0.15, 0.2) is 12.1 Å². The lowest BCUT2D eigenvalue weighted by atomic mass is 10.0. The molecule has 2 aromatic rings. The lowest BCUT2D eigenvalue weighted by Crippen LogP contribution is -2.46. The Kier molecular flexibility index (Phi) is 3.27. The molecule has 1 aromatic carbocycles. The van der Waals surface area contributed by atoms with Gasteiger partial charge in [0.15, 0.2) is 5.13 Å². The number of amides is 2. The first-order chi connectivity index (χ1) is 12.0. The van der Waals surface area contributed by atoms with Crippen LogP contribution in [0.5, 0.6) is 5.75 Å². The predicted octanol–water partition coefficient (Wildman–Crippen LogP) is 2.47. The Morgan fingerprint density at radius 1 is 1.40 bits per heavy atom. The summed E-state index contributed by atoms with van der Waals surface area (Å²) in [5.74, 6) is 1.48. The third-order valence-corrected chi connectivity index (χ3v) is 6.86. The van der Waals surface area contributed by atoms with Gasteiger partial charge in [-0.15, -0.1) is 0 Å². The van der Waals surface area contributed by atoms with E-state index < -0.39 is 0 Å². The molecule has 5 rings (SSSR count). The first kappa shape index (κ1) is 15.4. The fourth-order valence-corrected chi connectivity index (χ4v) is 5.93. The van der Waals surface area contributed by atoms with Crippen LogP contribution >= 0.6 is 11.3 Å². The number of fused-ring (bicyclic) bond motifs is 4. The van der Waals surface area contributed by atoms with Crippen molar-refractivity contribution in [3.63, 3.8) is 0 Å². The van der Waals surface area contributed by atoms with E-state index in [-0.39, 0.29) is 18.1 Å². The number of likely N-dealkylation sites (N-methyl/N-ethyl adjacent to an activating group) is 1.